The first kappa shape index (κ1) is 11.6. The standard InChI is InChI=1S/C9H19NO2/c1-4-6-12-7-5-9(11)8(2)10-3/h8,10H,4-7H2,1-3H3/t8-/m0/s1. The number of Topliss-reactive ketones (excluding diaryl/α,β-unsaturated/α-hetero) is 1. The summed E-state index contributed by atoms with van der Waals surface area (Å²) in [6.45, 7) is 5.22. The van der Waals surface area contributed by atoms with Gasteiger partial charge in [0.15, 0.2) is 5.78 Å². The van der Waals surface area contributed by atoms with Gasteiger partial charge in [-0.15, -0.1) is 0 Å². The quantitative estimate of drug-likeness (QED) is 0.583. The van der Waals surface area contributed by atoms with Gasteiger partial charge in [0.2, 0.25) is 0 Å². The predicted octanol–water partition coefficient (Wildman–Crippen LogP) is 0.980. The fourth-order valence-corrected chi connectivity index (χ4v) is 0.797. The molecule has 0 aromatic heterocycles. The summed E-state index contributed by atoms with van der Waals surface area (Å²) in [5.41, 5.74) is 0. The molecule has 3 heteroatoms. The minimum atomic E-state index is -0.0461. The van der Waals surface area contributed by atoms with Crippen LogP contribution in [0.15, 0.2) is 0 Å². The van der Waals surface area contributed by atoms with Crippen LogP contribution in [0.3, 0.4) is 0 Å². The molecule has 12 heavy (non-hydrogen) atoms. The van der Waals surface area contributed by atoms with Gasteiger partial charge in [-0.1, -0.05) is 6.92 Å². The van der Waals surface area contributed by atoms with E-state index in [1.165, 1.54) is 0 Å². The van der Waals surface area contributed by atoms with Crippen LogP contribution in [0.2, 0.25) is 0 Å². The lowest BCUT2D eigenvalue weighted by molar-refractivity contribution is -0.121. The summed E-state index contributed by atoms with van der Waals surface area (Å²) in [6.07, 6.45) is 1.53. The van der Waals surface area contributed by atoms with Crippen molar-refractivity contribution < 1.29 is 9.53 Å². The van der Waals surface area contributed by atoms with Gasteiger partial charge >= 0.3 is 0 Å². The van der Waals surface area contributed by atoms with Gasteiger partial charge in [0, 0.05) is 13.0 Å². The van der Waals surface area contributed by atoms with E-state index in [2.05, 4.69) is 12.2 Å². The Bertz CT molecular complexity index is 126. The van der Waals surface area contributed by atoms with Crippen molar-refractivity contribution in [2.45, 2.75) is 32.7 Å². The summed E-state index contributed by atoms with van der Waals surface area (Å²) in [5.74, 6) is 0.216. The number of hydrogen-bond acceptors (Lipinski definition) is 3. The molecular weight excluding hydrogens is 154 g/mol. The van der Waals surface area contributed by atoms with Gasteiger partial charge in [-0.2, -0.15) is 0 Å². The average molecular weight is 173 g/mol. The van der Waals surface area contributed by atoms with E-state index in [9.17, 15) is 4.79 Å². The molecule has 72 valence electrons. The molecule has 0 heterocycles. The smallest absolute Gasteiger partial charge is 0.151 e. The Morgan fingerprint density at radius 2 is 2.17 bits per heavy atom. The molecular formula is C9H19NO2. The zero-order valence-electron chi connectivity index (χ0n) is 8.22. The van der Waals surface area contributed by atoms with E-state index in [1.54, 1.807) is 7.05 Å². The van der Waals surface area contributed by atoms with Gasteiger partial charge in [0.05, 0.1) is 12.6 Å². The second-order valence-electron chi connectivity index (χ2n) is 2.84. The SMILES string of the molecule is CCCOCCC(=O)[C@H](C)NC. The molecule has 0 aliphatic rings. The molecule has 0 rings (SSSR count). The number of carbonyl (C=O) groups is 1. The molecule has 0 aromatic carbocycles. The topological polar surface area (TPSA) is 38.3 Å². The first-order chi connectivity index (χ1) is 5.72. The number of carbonyl (C=O) groups excluding carboxylic acids is 1. The molecule has 0 saturated carbocycles. The number of ketones is 1. The number of likely N-dealkylation sites (N-methyl/N-ethyl adjacent to an activating group) is 1. The highest BCUT2D eigenvalue weighted by molar-refractivity contribution is 5.83. The van der Waals surface area contributed by atoms with E-state index in [1.807, 2.05) is 6.92 Å². The van der Waals surface area contributed by atoms with Crippen LogP contribution in [0.25, 0.3) is 0 Å². The van der Waals surface area contributed by atoms with Crippen LogP contribution in [0.4, 0.5) is 0 Å². The lowest BCUT2D eigenvalue weighted by atomic mass is 10.2. The second-order valence-corrected chi connectivity index (χ2v) is 2.84. The second kappa shape index (κ2) is 7.25. The van der Waals surface area contributed by atoms with Crippen molar-refractivity contribution in [3.63, 3.8) is 0 Å². The van der Waals surface area contributed by atoms with Crippen LogP contribution >= 0.6 is 0 Å². The molecule has 0 aliphatic heterocycles. The monoisotopic (exact) mass is 173 g/mol. The maximum Gasteiger partial charge on any atom is 0.151 e. The summed E-state index contributed by atoms with van der Waals surface area (Å²) in [7, 11) is 1.79. The van der Waals surface area contributed by atoms with E-state index in [0.29, 0.717) is 13.0 Å². The van der Waals surface area contributed by atoms with Crippen LogP contribution in [0, 0.1) is 0 Å². The zero-order valence-corrected chi connectivity index (χ0v) is 8.22. The van der Waals surface area contributed by atoms with E-state index in [0.717, 1.165) is 13.0 Å². The summed E-state index contributed by atoms with van der Waals surface area (Å²) in [6, 6.07) is -0.0461. The average Bonchev–Trinajstić information content (AvgIpc) is 2.10. The van der Waals surface area contributed by atoms with Crippen LogP contribution in [-0.4, -0.2) is 32.1 Å². The lowest BCUT2D eigenvalue weighted by Crippen LogP contribution is -2.31. The summed E-state index contributed by atoms with van der Waals surface area (Å²) in [5, 5.41) is 2.90. The molecule has 1 atom stereocenters. The van der Waals surface area contributed by atoms with Crippen LogP contribution in [0.5, 0.6) is 0 Å². The van der Waals surface area contributed by atoms with Gasteiger partial charge in [-0.05, 0) is 20.4 Å². The maximum absolute atomic E-state index is 11.2. The Hall–Kier alpha value is -0.410. The molecule has 0 spiro atoms. The molecule has 0 saturated heterocycles. The van der Waals surface area contributed by atoms with Crippen molar-refractivity contribution in [1.82, 2.24) is 5.32 Å². The zero-order chi connectivity index (χ0) is 9.40. The first-order valence-electron chi connectivity index (χ1n) is 4.50. The fraction of sp³-hybridized carbons (Fsp3) is 0.889. The first-order valence-corrected chi connectivity index (χ1v) is 4.50. The third kappa shape index (κ3) is 5.27. The minimum absolute atomic E-state index is 0.0461. The summed E-state index contributed by atoms with van der Waals surface area (Å²) in [4.78, 5) is 11.2. The van der Waals surface area contributed by atoms with E-state index in [4.69, 9.17) is 4.74 Å². The number of rotatable bonds is 7. The van der Waals surface area contributed by atoms with Gasteiger partial charge in [-0.3, -0.25) is 4.79 Å². The Morgan fingerprint density at radius 3 is 2.67 bits per heavy atom. The van der Waals surface area contributed by atoms with E-state index in [-0.39, 0.29) is 11.8 Å². The van der Waals surface area contributed by atoms with Crippen LogP contribution in [0.1, 0.15) is 26.7 Å². The van der Waals surface area contributed by atoms with Crippen molar-refractivity contribution in [1.29, 1.82) is 0 Å². The van der Waals surface area contributed by atoms with Gasteiger partial charge in [0.1, 0.15) is 0 Å². The molecule has 0 amide bonds. The van der Waals surface area contributed by atoms with Gasteiger partial charge in [0.25, 0.3) is 0 Å². The van der Waals surface area contributed by atoms with Crippen molar-refractivity contribution >= 4 is 5.78 Å². The molecule has 3 nitrogen and oxygen atoms in total. The third-order valence-electron chi connectivity index (χ3n) is 1.76. The highest BCUT2D eigenvalue weighted by atomic mass is 16.5. The molecule has 0 unspecified atom stereocenters. The van der Waals surface area contributed by atoms with Crippen molar-refractivity contribution in [2.24, 2.45) is 0 Å². The normalized spacial score (nSPS) is 12.9. The largest absolute Gasteiger partial charge is 0.381 e. The van der Waals surface area contributed by atoms with Gasteiger partial charge in [-0.25, -0.2) is 0 Å². The Labute approximate surface area is 74.5 Å². The summed E-state index contributed by atoms with van der Waals surface area (Å²) >= 11 is 0. The predicted molar refractivity (Wildman–Crippen MR) is 49.3 cm³/mol. The highest BCUT2D eigenvalue weighted by Gasteiger charge is 2.08. The highest BCUT2D eigenvalue weighted by Crippen LogP contribution is 1.92. The molecule has 0 aliphatic carbocycles. The number of hydrogen-bond donors (Lipinski definition) is 1. The molecule has 1 N–H and O–H groups in total. The van der Waals surface area contributed by atoms with Crippen molar-refractivity contribution in [2.75, 3.05) is 20.3 Å². The van der Waals surface area contributed by atoms with E-state index < -0.39 is 0 Å². The Kier molecular flexibility index (Phi) is 7.00. The molecule has 0 aromatic rings. The molecule has 0 fully saturated rings. The van der Waals surface area contributed by atoms with Gasteiger partial charge < -0.3 is 10.1 Å². The number of ether oxygens (including phenoxy) is 1. The van der Waals surface area contributed by atoms with Crippen LogP contribution < -0.4 is 5.32 Å². The summed E-state index contributed by atoms with van der Waals surface area (Å²) < 4.78 is 5.20. The van der Waals surface area contributed by atoms with E-state index >= 15 is 0 Å². The van der Waals surface area contributed by atoms with Crippen LogP contribution in [-0.2, 0) is 9.53 Å². The number of nitrogens with one attached hydrogen (secondary N) is 1. The third-order valence-corrected chi connectivity index (χ3v) is 1.76. The molecule has 0 radical (unpaired) electrons. The molecule has 0 bridgehead atoms. The minimum Gasteiger partial charge on any atom is -0.381 e. The fourth-order valence-electron chi connectivity index (χ4n) is 0.797. The Balaban J connectivity index is 3.31. The maximum atomic E-state index is 11.2. The Morgan fingerprint density at radius 1 is 1.50 bits per heavy atom. The van der Waals surface area contributed by atoms with Crippen molar-refractivity contribution in [3.05, 3.63) is 0 Å². The van der Waals surface area contributed by atoms with Crippen molar-refractivity contribution in [3.8, 4) is 0 Å². The lowest BCUT2D eigenvalue weighted by Gasteiger charge is -2.08.